The molecule has 18 heavy (non-hydrogen) atoms. The number of hydrogen-bond acceptors (Lipinski definition) is 3. The van der Waals surface area contributed by atoms with Crippen molar-refractivity contribution in [1.29, 1.82) is 5.26 Å². The Morgan fingerprint density at radius 2 is 2.44 bits per heavy atom. The zero-order valence-electron chi connectivity index (χ0n) is 10.1. The van der Waals surface area contributed by atoms with Crippen molar-refractivity contribution in [3.8, 4) is 6.07 Å². The Bertz CT molecular complexity index is 507. The van der Waals surface area contributed by atoms with E-state index in [1.54, 1.807) is 6.92 Å². The van der Waals surface area contributed by atoms with Gasteiger partial charge in [0.25, 0.3) is 0 Å². The molecule has 0 spiro atoms. The van der Waals surface area contributed by atoms with E-state index < -0.39 is 11.9 Å². The van der Waals surface area contributed by atoms with E-state index >= 15 is 0 Å². The molecule has 4 heteroatoms. The first-order chi connectivity index (χ1) is 8.67. The van der Waals surface area contributed by atoms with Gasteiger partial charge in [0.2, 0.25) is 0 Å². The van der Waals surface area contributed by atoms with Gasteiger partial charge in [-0.25, -0.2) is 0 Å². The molecular formula is C14H14BrNO2. The summed E-state index contributed by atoms with van der Waals surface area (Å²) in [5.74, 6) is -1.12. The Labute approximate surface area is 115 Å². The Morgan fingerprint density at radius 3 is 3.11 bits per heavy atom. The second-order valence-electron chi connectivity index (χ2n) is 4.35. The van der Waals surface area contributed by atoms with Gasteiger partial charge in [-0.2, -0.15) is 5.26 Å². The van der Waals surface area contributed by atoms with E-state index in [0.29, 0.717) is 6.61 Å². The lowest BCUT2D eigenvalue weighted by atomic mass is 9.88. The molecule has 0 N–H and O–H groups in total. The number of fused-ring (bicyclic) bond motifs is 1. The fraction of sp³-hybridized carbons (Fsp3) is 0.429. The Morgan fingerprint density at radius 1 is 1.67 bits per heavy atom. The predicted octanol–water partition coefficient (Wildman–Crippen LogP) is 3.18. The number of halogens is 1. The van der Waals surface area contributed by atoms with Crippen LogP contribution in [0.1, 0.15) is 30.4 Å². The lowest BCUT2D eigenvalue weighted by Crippen LogP contribution is -2.22. The Kier molecular flexibility index (Phi) is 4.03. The number of aryl methyl sites for hydroxylation is 1. The van der Waals surface area contributed by atoms with Gasteiger partial charge in [-0.05, 0) is 43.0 Å². The largest absolute Gasteiger partial charge is 0.465 e. The molecular weight excluding hydrogens is 294 g/mol. The van der Waals surface area contributed by atoms with E-state index in [9.17, 15) is 10.1 Å². The zero-order valence-corrected chi connectivity index (χ0v) is 11.7. The summed E-state index contributed by atoms with van der Waals surface area (Å²) in [6.07, 6.45) is 1.75. The van der Waals surface area contributed by atoms with Gasteiger partial charge in [0.15, 0.2) is 5.92 Å². The van der Waals surface area contributed by atoms with E-state index in [4.69, 9.17) is 4.74 Å². The summed E-state index contributed by atoms with van der Waals surface area (Å²) in [6, 6.07) is 8.12. The van der Waals surface area contributed by atoms with Crippen LogP contribution in [0.2, 0.25) is 0 Å². The topological polar surface area (TPSA) is 50.1 Å². The minimum Gasteiger partial charge on any atom is -0.465 e. The van der Waals surface area contributed by atoms with Crippen LogP contribution in [0.15, 0.2) is 22.7 Å². The van der Waals surface area contributed by atoms with Gasteiger partial charge in [0.1, 0.15) is 0 Å². The van der Waals surface area contributed by atoms with Crippen LogP contribution in [0.3, 0.4) is 0 Å². The van der Waals surface area contributed by atoms with Crippen LogP contribution in [-0.4, -0.2) is 12.6 Å². The highest BCUT2D eigenvalue weighted by Gasteiger charge is 2.35. The standard InChI is InChI=1S/C14H14BrNO2/c1-2-18-14(17)13(8-16)12-5-3-9-7-10(15)4-6-11(9)12/h4,6-7,12-13H,2-3,5H2,1H3. The summed E-state index contributed by atoms with van der Waals surface area (Å²) in [4.78, 5) is 11.8. The van der Waals surface area contributed by atoms with Crippen molar-refractivity contribution < 1.29 is 9.53 Å². The predicted molar refractivity (Wildman–Crippen MR) is 70.9 cm³/mol. The van der Waals surface area contributed by atoms with Gasteiger partial charge in [-0.3, -0.25) is 4.79 Å². The maximum absolute atomic E-state index is 11.8. The number of rotatable bonds is 3. The monoisotopic (exact) mass is 307 g/mol. The van der Waals surface area contributed by atoms with E-state index in [1.165, 1.54) is 5.56 Å². The molecule has 0 amide bonds. The van der Waals surface area contributed by atoms with Gasteiger partial charge in [0.05, 0.1) is 12.7 Å². The molecule has 94 valence electrons. The average molecular weight is 308 g/mol. The van der Waals surface area contributed by atoms with Crippen LogP contribution in [0.25, 0.3) is 0 Å². The van der Waals surface area contributed by atoms with Gasteiger partial charge in [-0.1, -0.05) is 22.0 Å². The normalized spacial score (nSPS) is 18.8. The number of benzene rings is 1. The minimum atomic E-state index is -0.688. The molecule has 1 aliphatic carbocycles. The molecule has 1 aromatic carbocycles. The lowest BCUT2D eigenvalue weighted by molar-refractivity contribution is -0.146. The van der Waals surface area contributed by atoms with Crippen molar-refractivity contribution >= 4 is 21.9 Å². The van der Waals surface area contributed by atoms with Crippen LogP contribution >= 0.6 is 15.9 Å². The van der Waals surface area contributed by atoms with Gasteiger partial charge in [-0.15, -0.1) is 0 Å². The number of carbonyl (C=O) groups excluding carboxylic acids is 1. The third-order valence-corrected chi connectivity index (χ3v) is 3.80. The molecule has 0 aliphatic heterocycles. The SMILES string of the molecule is CCOC(=O)C(C#N)C1CCc2cc(Br)ccc21. The van der Waals surface area contributed by atoms with E-state index in [-0.39, 0.29) is 5.92 Å². The fourth-order valence-electron chi connectivity index (χ4n) is 2.50. The molecule has 0 saturated carbocycles. The third-order valence-electron chi connectivity index (χ3n) is 3.31. The third kappa shape index (κ3) is 2.41. The highest BCUT2D eigenvalue weighted by atomic mass is 79.9. The zero-order chi connectivity index (χ0) is 13.1. The number of nitrogens with zero attached hydrogens (tertiary/aromatic N) is 1. The highest BCUT2D eigenvalue weighted by Crippen LogP contribution is 2.39. The summed E-state index contributed by atoms with van der Waals surface area (Å²) in [6.45, 7) is 2.07. The average Bonchev–Trinajstić information content (AvgIpc) is 2.73. The van der Waals surface area contributed by atoms with E-state index in [1.807, 2.05) is 12.1 Å². The van der Waals surface area contributed by atoms with Crippen LogP contribution in [0, 0.1) is 17.2 Å². The van der Waals surface area contributed by atoms with Gasteiger partial charge in [0, 0.05) is 10.4 Å². The quantitative estimate of drug-likeness (QED) is 0.806. The van der Waals surface area contributed by atoms with Gasteiger partial charge < -0.3 is 4.74 Å². The van der Waals surface area contributed by atoms with E-state index in [2.05, 4.69) is 28.1 Å². The molecule has 0 heterocycles. The summed E-state index contributed by atoms with van der Waals surface area (Å²) < 4.78 is 6.01. The highest BCUT2D eigenvalue weighted by molar-refractivity contribution is 9.10. The van der Waals surface area contributed by atoms with Crippen molar-refractivity contribution in [3.63, 3.8) is 0 Å². The maximum atomic E-state index is 11.8. The number of carbonyl (C=O) groups is 1. The fourth-order valence-corrected chi connectivity index (χ4v) is 2.91. The van der Waals surface area contributed by atoms with Crippen molar-refractivity contribution in [3.05, 3.63) is 33.8 Å². The van der Waals surface area contributed by atoms with E-state index in [0.717, 1.165) is 22.9 Å². The molecule has 2 rings (SSSR count). The molecule has 1 aliphatic rings. The van der Waals surface area contributed by atoms with Gasteiger partial charge >= 0.3 is 5.97 Å². The van der Waals surface area contributed by atoms with Crippen molar-refractivity contribution in [2.75, 3.05) is 6.61 Å². The molecule has 0 aromatic heterocycles. The van der Waals surface area contributed by atoms with Crippen molar-refractivity contribution in [1.82, 2.24) is 0 Å². The Balaban J connectivity index is 2.27. The number of hydrogen-bond donors (Lipinski definition) is 0. The van der Waals surface area contributed by atoms with Crippen LogP contribution < -0.4 is 0 Å². The first-order valence-corrected chi connectivity index (χ1v) is 6.81. The van der Waals surface area contributed by atoms with Crippen molar-refractivity contribution in [2.45, 2.75) is 25.7 Å². The minimum absolute atomic E-state index is 0.0304. The molecule has 0 radical (unpaired) electrons. The Hall–Kier alpha value is -1.34. The molecule has 0 bridgehead atoms. The molecule has 2 atom stereocenters. The van der Waals surface area contributed by atoms with Crippen LogP contribution in [0.4, 0.5) is 0 Å². The molecule has 1 aromatic rings. The number of esters is 1. The molecule has 2 unspecified atom stereocenters. The molecule has 0 saturated heterocycles. The summed E-state index contributed by atoms with van der Waals surface area (Å²) in [7, 11) is 0. The first kappa shape index (κ1) is 13.1. The maximum Gasteiger partial charge on any atom is 0.323 e. The second-order valence-corrected chi connectivity index (χ2v) is 5.26. The smallest absolute Gasteiger partial charge is 0.323 e. The molecule has 3 nitrogen and oxygen atoms in total. The van der Waals surface area contributed by atoms with Crippen LogP contribution in [0.5, 0.6) is 0 Å². The molecule has 0 fully saturated rings. The number of ether oxygens (including phenoxy) is 1. The van der Waals surface area contributed by atoms with Crippen LogP contribution in [-0.2, 0) is 16.0 Å². The lowest BCUT2D eigenvalue weighted by Gasteiger charge is -2.16. The summed E-state index contributed by atoms with van der Waals surface area (Å²) in [5.41, 5.74) is 2.33. The first-order valence-electron chi connectivity index (χ1n) is 6.02. The number of nitriles is 1. The second kappa shape index (κ2) is 5.53. The summed E-state index contributed by atoms with van der Waals surface area (Å²) >= 11 is 3.44. The summed E-state index contributed by atoms with van der Waals surface area (Å²) in [5, 5.41) is 9.20. The van der Waals surface area contributed by atoms with Crippen molar-refractivity contribution in [2.24, 2.45) is 5.92 Å².